The van der Waals surface area contributed by atoms with Crippen LogP contribution in [-0.4, -0.2) is 56.6 Å². The summed E-state index contributed by atoms with van der Waals surface area (Å²) in [4.78, 5) is 10.3. The molecule has 0 radical (unpaired) electrons. The van der Waals surface area contributed by atoms with Crippen LogP contribution in [0.25, 0.3) is 10.9 Å². The van der Waals surface area contributed by atoms with E-state index < -0.39 is 28.4 Å². The number of methoxy groups -OCH3 is 2. The number of thioether (sulfide) groups is 1. The molecule has 0 saturated carbocycles. The molecule has 0 spiro atoms. The standard InChI is InChI=1S/C17H16ClF3N4O5S2/c1-28-14-12(30-6-5-19)15(29-2)24-17(23-14)25-32(26,27)10-7-22-11-8(10)3-4-9(18)13(11)31-16(20)21/h3-4,7,16,22H,5-6H2,1-2H3,(H,23,24,25). The molecular formula is C17H16ClF3N4O5S2. The van der Waals surface area contributed by atoms with Gasteiger partial charge in [0, 0.05) is 11.6 Å². The fourth-order valence-corrected chi connectivity index (χ4v) is 4.77. The number of hydrogen-bond donors (Lipinski definition) is 2. The van der Waals surface area contributed by atoms with Crippen molar-refractivity contribution in [3.8, 4) is 17.5 Å². The lowest BCUT2D eigenvalue weighted by atomic mass is 10.2. The Morgan fingerprint density at radius 2 is 1.88 bits per heavy atom. The van der Waals surface area contributed by atoms with Crippen LogP contribution >= 0.6 is 23.4 Å². The van der Waals surface area contributed by atoms with Crippen molar-refractivity contribution in [2.45, 2.75) is 15.5 Å². The molecule has 0 unspecified atom stereocenters. The number of nitrogens with one attached hydrogen (secondary N) is 2. The van der Waals surface area contributed by atoms with Gasteiger partial charge in [-0.2, -0.15) is 18.7 Å². The van der Waals surface area contributed by atoms with Crippen molar-refractivity contribution in [2.75, 3.05) is 32.2 Å². The van der Waals surface area contributed by atoms with Gasteiger partial charge in [-0.1, -0.05) is 23.4 Å². The highest BCUT2D eigenvalue weighted by atomic mass is 35.5. The van der Waals surface area contributed by atoms with E-state index in [1.54, 1.807) is 0 Å². The predicted octanol–water partition coefficient (Wildman–Crippen LogP) is 4.09. The van der Waals surface area contributed by atoms with E-state index in [-0.39, 0.29) is 61.6 Å². The van der Waals surface area contributed by atoms with Gasteiger partial charge in [0.15, 0.2) is 0 Å². The van der Waals surface area contributed by atoms with Gasteiger partial charge >= 0.3 is 0 Å². The van der Waals surface area contributed by atoms with Gasteiger partial charge in [-0.15, -0.1) is 0 Å². The Bertz CT molecular complexity index is 1200. The van der Waals surface area contributed by atoms with E-state index >= 15 is 0 Å². The van der Waals surface area contributed by atoms with Gasteiger partial charge in [-0.25, -0.2) is 17.5 Å². The van der Waals surface area contributed by atoms with Crippen molar-refractivity contribution in [1.82, 2.24) is 15.0 Å². The minimum Gasteiger partial charge on any atom is -0.481 e. The Morgan fingerprint density at radius 3 is 2.44 bits per heavy atom. The summed E-state index contributed by atoms with van der Waals surface area (Å²) in [5.41, 5.74) is 0.134. The van der Waals surface area contributed by atoms with Crippen molar-refractivity contribution in [2.24, 2.45) is 0 Å². The molecule has 0 aliphatic heterocycles. The molecule has 15 heteroatoms. The summed E-state index contributed by atoms with van der Waals surface area (Å²) in [6.45, 7) is -1.12. The molecule has 0 aliphatic carbocycles. The molecule has 0 fully saturated rings. The molecule has 174 valence electrons. The first-order chi connectivity index (χ1) is 15.2. The van der Waals surface area contributed by atoms with Gasteiger partial charge in [-0.05, 0) is 12.1 Å². The van der Waals surface area contributed by atoms with Gasteiger partial charge < -0.3 is 19.2 Å². The van der Waals surface area contributed by atoms with Crippen LogP contribution in [0.3, 0.4) is 0 Å². The number of ether oxygens (including phenoxy) is 3. The van der Waals surface area contributed by atoms with E-state index in [1.165, 1.54) is 26.4 Å². The maximum atomic E-state index is 13.0. The highest BCUT2D eigenvalue weighted by molar-refractivity contribution is 8.00. The number of fused-ring (bicyclic) bond motifs is 1. The van der Waals surface area contributed by atoms with Crippen LogP contribution in [-0.2, 0) is 10.0 Å². The normalized spacial score (nSPS) is 11.7. The average molecular weight is 513 g/mol. The average Bonchev–Trinajstić information content (AvgIpc) is 3.19. The van der Waals surface area contributed by atoms with Crippen molar-refractivity contribution >= 4 is 50.2 Å². The van der Waals surface area contributed by atoms with E-state index in [0.29, 0.717) is 0 Å². The Kier molecular flexibility index (Phi) is 7.46. The van der Waals surface area contributed by atoms with E-state index in [9.17, 15) is 21.6 Å². The van der Waals surface area contributed by atoms with Crippen LogP contribution in [0.15, 0.2) is 28.1 Å². The minimum atomic E-state index is -4.29. The third-order valence-corrected chi connectivity index (χ3v) is 6.59. The molecule has 9 nitrogen and oxygen atoms in total. The lowest BCUT2D eigenvalue weighted by Gasteiger charge is -2.14. The predicted molar refractivity (Wildman–Crippen MR) is 113 cm³/mol. The van der Waals surface area contributed by atoms with Gasteiger partial charge in [0.1, 0.15) is 18.2 Å². The summed E-state index contributed by atoms with van der Waals surface area (Å²) >= 11 is 6.19. The first-order valence-electron chi connectivity index (χ1n) is 8.67. The number of sulfonamides is 1. The largest absolute Gasteiger partial charge is 0.481 e. The fraction of sp³-hybridized carbons (Fsp3) is 0.294. The van der Waals surface area contributed by atoms with E-state index in [4.69, 9.17) is 25.8 Å². The Morgan fingerprint density at radius 1 is 1.22 bits per heavy atom. The van der Waals surface area contributed by atoms with Crippen molar-refractivity contribution < 1.29 is 35.8 Å². The van der Waals surface area contributed by atoms with Crippen LogP contribution in [0.5, 0.6) is 17.5 Å². The maximum absolute atomic E-state index is 13.0. The zero-order chi connectivity index (χ0) is 23.5. The number of hydrogen-bond acceptors (Lipinski definition) is 8. The molecule has 2 N–H and O–H groups in total. The SMILES string of the molecule is COc1nc(NS(=O)(=O)c2c[nH]c3c(SC(F)F)c(Cl)ccc23)nc(OC)c1OCCF. The zero-order valence-corrected chi connectivity index (χ0v) is 18.9. The summed E-state index contributed by atoms with van der Waals surface area (Å²) in [7, 11) is -1.80. The number of anilines is 1. The fourth-order valence-electron chi connectivity index (χ4n) is 2.72. The number of aromatic nitrogens is 3. The lowest BCUT2D eigenvalue weighted by Crippen LogP contribution is -2.16. The second kappa shape index (κ2) is 9.92. The number of halogens is 4. The zero-order valence-electron chi connectivity index (χ0n) is 16.5. The van der Waals surface area contributed by atoms with Gasteiger partial charge in [0.2, 0.25) is 11.7 Å². The van der Waals surface area contributed by atoms with E-state index in [1.807, 2.05) is 0 Å². The van der Waals surface area contributed by atoms with Gasteiger partial charge in [0.25, 0.3) is 27.5 Å². The molecule has 0 atom stereocenters. The second-order valence-corrected chi connectivity index (χ2v) is 8.93. The lowest BCUT2D eigenvalue weighted by molar-refractivity contribution is 0.240. The monoisotopic (exact) mass is 512 g/mol. The number of rotatable bonds is 10. The molecule has 3 aromatic rings. The number of nitrogens with zero attached hydrogens (tertiary/aromatic N) is 2. The van der Waals surface area contributed by atoms with E-state index in [0.717, 1.165) is 6.20 Å². The third kappa shape index (κ3) is 4.91. The summed E-state index contributed by atoms with van der Waals surface area (Å²) in [5, 5.41) is 0.176. The van der Waals surface area contributed by atoms with Crippen LogP contribution in [0, 0.1) is 0 Å². The molecule has 3 rings (SSSR count). The van der Waals surface area contributed by atoms with Crippen molar-refractivity contribution in [3.05, 3.63) is 23.4 Å². The highest BCUT2D eigenvalue weighted by Crippen LogP contribution is 2.40. The van der Waals surface area contributed by atoms with Crippen molar-refractivity contribution in [1.29, 1.82) is 0 Å². The molecule has 1 aromatic carbocycles. The summed E-state index contributed by atoms with van der Waals surface area (Å²) in [5.74, 6) is -3.66. The Hall–Kier alpha value is -2.58. The minimum absolute atomic E-state index is 0.00886. The van der Waals surface area contributed by atoms with Gasteiger partial charge in [0.05, 0.1) is 29.7 Å². The van der Waals surface area contributed by atoms with Gasteiger partial charge in [-0.3, -0.25) is 0 Å². The van der Waals surface area contributed by atoms with Crippen LogP contribution in [0.4, 0.5) is 19.1 Å². The molecule has 0 bridgehead atoms. The first-order valence-corrected chi connectivity index (χ1v) is 11.4. The molecule has 0 saturated heterocycles. The summed E-state index contributed by atoms with van der Waals surface area (Å²) in [6.07, 6.45) is 1.13. The number of aromatic amines is 1. The molecule has 0 aliphatic rings. The summed E-state index contributed by atoms with van der Waals surface area (Å²) < 4.78 is 81.7. The molecule has 2 heterocycles. The molecule has 2 aromatic heterocycles. The second-order valence-electron chi connectivity index (χ2n) is 5.87. The molecule has 0 amide bonds. The van der Waals surface area contributed by atoms with Crippen LogP contribution in [0.2, 0.25) is 5.02 Å². The quantitative estimate of drug-likeness (QED) is 0.390. The topological polar surface area (TPSA) is 115 Å². The third-order valence-electron chi connectivity index (χ3n) is 3.96. The Labute approximate surface area is 189 Å². The first kappa shape index (κ1) is 24.1. The van der Waals surface area contributed by atoms with Crippen LogP contribution in [0.1, 0.15) is 0 Å². The number of benzene rings is 1. The van der Waals surface area contributed by atoms with Crippen LogP contribution < -0.4 is 18.9 Å². The maximum Gasteiger partial charge on any atom is 0.289 e. The number of H-pyrrole nitrogens is 1. The molecular weight excluding hydrogens is 497 g/mol. The number of alkyl halides is 3. The Balaban J connectivity index is 2.02. The van der Waals surface area contributed by atoms with Crippen molar-refractivity contribution in [3.63, 3.8) is 0 Å². The smallest absolute Gasteiger partial charge is 0.289 e. The highest BCUT2D eigenvalue weighted by Gasteiger charge is 2.25. The summed E-state index contributed by atoms with van der Waals surface area (Å²) in [6, 6.07) is 2.70. The van der Waals surface area contributed by atoms with E-state index in [2.05, 4.69) is 19.7 Å². The molecule has 32 heavy (non-hydrogen) atoms.